The molecule has 0 atom stereocenters. The van der Waals surface area contributed by atoms with E-state index in [-0.39, 0.29) is 6.54 Å². The van der Waals surface area contributed by atoms with Gasteiger partial charge in [-0.05, 0) is 5.27 Å². The lowest BCUT2D eigenvalue weighted by Crippen LogP contribution is -2.42. The molecule has 0 radical (unpaired) electrons. The number of hydrogen-bond acceptors (Lipinski definition) is 3. The van der Waals surface area contributed by atoms with E-state index in [9.17, 15) is 9.59 Å². The van der Waals surface area contributed by atoms with Gasteiger partial charge in [0.05, 0.1) is 0 Å². The summed E-state index contributed by atoms with van der Waals surface area (Å²) in [7, 11) is 0. The van der Waals surface area contributed by atoms with Gasteiger partial charge in [0, 0.05) is 0 Å². The molecule has 1 aromatic rings. The van der Waals surface area contributed by atoms with E-state index in [0.29, 0.717) is 0 Å². The molecule has 0 aliphatic carbocycles. The first-order valence-corrected chi connectivity index (χ1v) is 2.55. The number of nitrogens with zero attached hydrogens (tertiary/aromatic N) is 1. The molecule has 1 heterocycles. The van der Waals surface area contributed by atoms with Crippen LogP contribution in [0.2, 0.25) is 0 Å². The van der Waals surface area contributed by atoms with Crippen LogP contribution in [0.4, 0.5) is 0 Å². The van der Waals surface area contributed by atoms with Crippen molar-refractivity contribution >= 4 is 5.91 Å². The van der Waals surface area contributed by atoms with Gasteiger partial charge in [0.2, 0.25) is 0 Å². The molecule has 54 valence electrons. The predicted octanol–water partition coefficient (Wildman–Crippen LogP) is -2.26. The molecule has 1 amide bonds. The third-order valence-corrected chi connectivity index (χ3v) is 0.851. The summed E-state index contributed by atoms with van der Waals surface area (Å²) in [5.74, 6) is -0.540. The molecule has 0 aromatic carbocycles. The average Bonchev–Trinajstić information content (AvgIpc) is 2.13. The van der Waals surface area contributed by atoms with Crippen molar-refractivity contribution in [1.82, 2.24) is 5.27 Å². The molecule has 1 rings (SSSR count). The molecule has 0 spiro atoms. The number of carbonyl (C=O) groups excluding carboxylic acids is 1. The fourth-order valence-corrected chi connectivity index (χ4v) is 0.529. The van der Waals surface area contributed by atoms with Gasteiger partial charge in [-0.1, -0.05) is 4.68 Å². The Morgan fingerprint density at radius 2 is 2.60 bits per heavy atom. The van der Waals surface area contributed by atoms with Crippen LogP contribution in [0.1, 0.15) is 0 Å². The number of H-pyrrole nitrogens is 1. The van der Waals surface area contributed by atoms with Crippen LogP contribution in [-0.4, -0.2) is 11.2 Å². The van der Waals surface area contributed by atoms with Gasteiger partial charge in [0.25, 0.3) is 18.6 Å². The largest absolute Gasteiger partial charge is 0.426 e. The zero-order chi connectivity index (χ0) is 7.56. The minimum Gasteiger partial charge on any atom is -0.364 e. The van der Waals surface area contributed by atoms with Gasteiger partial charge < -0.3 is 5.73 Å². The van der Waals surface area contributed by atoms with Crippen molar-refractivity contribution in [2.45, 2.75) is 6.54 Å². The molecular formula is C4H6N3O3+. The summed E-state index contributed by atoms with van der Waals surface area (Å²) >= 11 is 0. The Labute approximate surface area is 55.2 Å². The van der Waals surface area contributed by atoms with Gasteiger partial charge in [0.1, 0.15) is 0 Å². The zero-order valence-electron chi connectivity index (χ0n) is 5.03. The summed E-state index contributed by atoms with van der Waals surface area (Å²) in [5, 5.41) is 2.17. The van der Waals surface area contributed by atoms with Crippen molar-refractivity contribution in [2.24, 2.45) is 5.73 Å². The van der Waals surface area contributed by atoms with Crippen molar-refractivity contribution in [3.8, 4) is 0 Å². The Kier molecular flexibility index (Phi) is 1.53. The Balaban J connectivity index is 2.76. The van der Waals surface area contributed by atoms with Gasteiger partial charge >= 0.3 is 5.63 Å². The lowest BCUT2D eigenvalue weighted by molar-refractivity contribution is -0.750. The van der Waals surface area contributed by atoms with Crippen LogP contribution in [-0.2, 0) is 11.3 Å². The number of nitrogens with one attached hydrogen (secondary N) is 1. The smallest absolute Gasteiger partial charge is 0.364 e. The quantitative estimate of drug-likeness (QED) is 0.459. The van der Waals surface area contributed by atoms with E-state index in [1.54, 1.807) is 0 Å². The highest BCUT2D eigenvalue weighted by Gasteiger charge is 2.07. The summed E-state index contributed by atoms with van der Waals surface area (Å²) in [6, 6.07) is 0. The Morgan fingerprint density at radius 1 is 1.90 bits per heavy atom. The highest BCUT2D eigenvalue weighted by Crippen LogP contribution is 1.60. The van der Waals surface area contributed by atoms with Crippen molar-refractivity contribution in [3.63, 3.8) is 0 Å². The SMILES string of the molecule is NC(=O)C[n+]1cc(=O)o[nH]1. The van der Waals surface area contributed by atoms with E-state index in [1.807, 2.05) is 0 Å². The number of primary amides is 1. The third-order valence-electron chi connectivity index (χ3n) is 0.851. The summed E-state index contributed by atoms with van der Waals surface area (Å²) < 4.78 is 5.40. The first-order valence-electron chi connectivity index (χ1n) is 2.55. The molecule has 0 aliphatic rings. The Bertz CT molecular complexity index is 286. The molecule has 0 fully saturated rings. The molecular weight excluding hydrogens is 138 g/mol. The van der Waals surface area contributed by atoms with Crippen molar-refractivity contribution in [3.05, 3.63) is 16.6 Å². The second kappa shape index (κ2) is 2.34. The van der Waals surface area contributed by atoms with E-state index in [0.717, 1.165) is 10.9 Å². The molecule has 6 heteroatoms. The fourth-order valence-electron chi connectivity index (χ4n) is 0.529. The number of aromatic nitrogens is 2. The molecule has 0 saturated carbocycles. The van der Waals surface area contributed by atoms with E-state index < -0.39 is 11.5 Å². The van der Waals surface area contributed by atoms with E-state index in [2.05, 4.69) is 9.79 Å². The predicted molar refractivity (Wildman–Crippen MR) is 28.7 cm³/mol. The number of carbonyl (C=O) groups is 1. The molecule has 1 aromatic heterocycles. The number of aromatic amines is 1. The summed E-state index contributed by atoms with van der Waals surface area (Å²) in [4.78, 5) is 20.5. The second-order valence-electron chi connectivity index (χ2n) is 1.74. The number of hydrogen-bond donors (Lipinski definition) is 2. The van der Waals surface area contributed by atoms with E-state index >= 15 is 0 Å². The molecule has 0 saturated heterocycles. The van der Waals surface area contributed by atoms with Crippen molar-refractivity contribution < 1.29 is 14.0 Å². The van der Waals surface area contributed by atoms with Crippen molar-refractivity contribution in [2.75, 3.05) is 0 Å². The van der Waals surface area contributed by atoms with E-state index in [4.69, 9.17) is 5.73 Å². The van der Waals surface area contributed by atoms with Crippen LogP contribution in [0.5, 0.6) is 0 Å². The lowest BCUT2D eigenvalue weighted by Gasteiger charge is -1.80. The van der Waals surface area contributed by atoms with Crippen LogP contribution in [0.15, 0.2) is 15.5 Å². The van der Waals surface area contributed by atoms with Gasteiger partial charge in [-0.25, -0.2) is 4.79 Å². The maximum Gasteiger partial charge on any atom is 0.426 e. The Morgan fingerprint density at radius 3 is 3.00 bits per heavy atom. The lowest BCUT2D eigenvalue weighted by atomic mass is 10.6. The highest BCUT2D eigenvalue weighted by molar-refractivity contribution is 5.71. The van der Waals surface area contributed by atoms with Gasteiger partial charge in [-0.3, -0.25) is 9.32 Å². The maximum atomic E-state index is 10.3. The molecule has 0 aliphatic heterocycles. The standard InChI is InChI=1S/C4H5N3O3/c5-3(8)1-7-2-4(9)10-6-7/h2H,1H2,(H2-,5,6,8,9)/p+1. The number of amides is 1. The number of rotatable bonds is 2. The molecule has 10 heavy (non-hydrogen) atoms. The minimum absolute atomic E-state index is 0.0776. The average molecular weight is 144 g/mol. The van der Waals surface area contributed by atoms with Crippen molar-refractivity contribution in [1.29, 1.82) is 0 Å². The summed E-state index contributed by atoms with van der Waals surface area (Å²) in [6.07, 6.45) is 1.10. The Hall–Kier alpha value is -1.59. The second-order valence-corrected chi connectivity index (χ2v) is 1.74. The van der Waals surface area contributed by atoms with Crippen LogP contribution >= 0.6 is 0 Å². The number of nitrogens with two attached hydrogens (primary N) is 1. The first kappa shape index (κ1) is 6.53. The normalized spacial score (nSPS) is 9.60. The molecule has 0 bridgehead atoms. The van der Waals surface area contributed by atoms with E-state index in [1.165, 1.54) is 0 Å². The van der Waals surface area contributed by atoms with Gasteiger partial charge in [-0.2, -0.15) is 0 Å². The van der Waals surface area contributed by atoms with Crippen LogP contribution < -0.4 is 16.0 Å². The van der Waals surface area contributed by atoms with Gasteiger partial charge in [-0.15, -0.1) is 0 Å². The molecule has 6 nitrogen and oxygen atoms in total. The first-order chi connectivity index (χ1) is 4.68. The fraction of sp³-hybridized carbons (Fsp3) is 0.250. The van der Waals surface area contributed by atoms with Crippen LogP contribution in [0.25, 0.3) is 0 Å². The molecule has 3 N–H and O–H groups in total. The molecule has 0 unspecified atom stereocenters. The topological polar surface area (TPSA) is 93.0 Å². The highest BCUT2D eigenvalue weighted by atomic mass is 16.5. The minimum atomic E-state index is -0.541. The summed E-state index contributed by atoms with van der Waals surface area (Å²) in [5.41, 5.74) is 4.27. The monoisotopic (exact) mass is 144 g/mol. The van der Waals surface area contributed by atoms with Crippen LogP contribution in [0.3, 0.4) is 0 Å². The maximum absolute atomic E-state index is 10.3. The zero-order valence-corrected chi connectivity index (χ0v) is 5.03. The van der Waals surface area contributed by atoms with Crippen LogP contribution in [0, 0.1) is 0 Å². The third kappa shape index (κ3) is 1.44. The van der Waals surface area contributed by atoms with Gasteiger partial charge in [0.15, 0.2) is 0 Å². The summed E-state index contributed by atoms with van der Waals surface area (Å²) in [6.45, 7) is -0.0776.